The van der Waals surface area contributed by atoms with Gasteiger partial charge < -0.3 is 24.1 Å². The van der Waals surface area contributed by atoms with Crippen molar-refractivity contribution in [3.8, 4) is 23.0 Å². The van der Waals surface area contributed by atoms with E-state index in [1.165, 1.54) is 7.11 Å². The van der Waals surface area contributed by atoms with Crippen LogP contribution in [0.5, 0.6) is 23.0 Å². The normalized spacial score (nSPS) is 12.8. The monoisotopic (exact) mass is 474 g/mol. The molecule has 180 valence electrons. The molecular formula is C28H26O7. The molecule has 0 fully saturated rings. The zero-order valence-corrected chi connectivity index (χ0v) is 19.7. The molecule has 0 spiro atoms. The third-order valence-electron chi connectivity index (χ3n) is 5.48. The predicted molar refractivity (Wildman–Crippen MR) is 130 cm³/mol. The number of ether oxygens (including phenoxy) is 4. The van der Waals surface area contributed by atoms with Crippen LogP contribution < -0.4 is 18.9 Å². The molecule has 0 aliphatic carbocycles. The summed E-state index contributed by atoms with van der Waals surface area (Å²) in [6.45, 7) is 3.94. The fourth-order valence-corrected chi connectivity index (χ4v) is 3.84. The maximum atomic E-state index is 13.7. The summed E-state index contributed by atoms with van der Waals surface area (Å²) >= 11 is 0. The number of carbonyl (C=O) groups is 2. The lowest BCUT2D eigenvalue weighted by Gasteiger charge is -2.15. The summed E-state index contributed by atoms with van der Waals surface area (Å²) in [6, 6.07) is 18.7. The molecule has 3 aromatic carbocycles. The van der Waals surface area contributed by atoms with Crippen molar-refractivity contribution in [2.75, 3.05) is 13.9 Å². The van der Waals surface area contributed by atoms with Crippen molar-refractivity contribution in [2.24, 2.45) is 0 Å². The van der Waals surface area contributed by atoms with E-state index in [4.69, 9.17) is 18.9 Å². The van der Waals surface area contributed by atoms with Crippen molar-refractivity contribution in [2.45, 2.75) is 26.4 Å². The van der Waals surface area contributed by atoms with Crippen LogP contribution in [0.1, 0.15) is 35.3 Å². The topological polar surface area (TPSA) is 91.3 Å². The Balaban J connectivity index is 1.80. The van der Waals surface area contributed by atoms with Crippen molar-refractivity contribution < 1.29 is 33.6 Å². The van der Waals surface area contributed by atoms with Crippen LogP contribution in [0.2, 0.25) is 0 Å². The standard InChI is InChI=1S/C28H26O7/c1-17(2)35-22-9-4-18(5-10-22)14-23(27(29)19-6-11-21(32-3)12-7-19)26(28(30)31)20-8-13-24-25(15-20)34-16-33-24/h4-13,15,17H,14,16H2,1-3H3,(H,30,31)/b26-23-. The molecule has 0 unspecified atom stereocenters. The van der Waals surface area contributed by atoms with E-state index in [0.717, 1.165) is 5.56 Å². The average Bonchev–Trinajstić information content (AvgIpc) is 3.32. The Hall–Kier alpha value is -4.26. The third kappa shape index (κ3) is 5.46. The Labute approximate surface area is 203 Å². The van der Waals surface area contributed by atoms with E-state index in [-0.39, 0.29) is 36.2 Å². The molecule has 0 radical (unpaired) electrons. The lowest BCUT2D eigenvalue weighted by atomic mass is 9.89. The number of aliphatic carboxylic acids is 1. The van der Waals surface area contributed by atoms with Gasteiger partial charge in [-0.3, -0.25) is 4.79 Å². The van der Waals surface area contributed by atoms with Gasteiger partial charge in [0.1, 0.15) is 11.5 Å². The Morgan fingerprint density at radius 1 is 0.886 bits per heavy atom. The average molecular weight is 475 g/mol. The summed E-state index contributed by atoms with van der Waals surface area (Å²) in [4.78, 5) is 26.2. The summed E-state index contributed by atoms with van der Waals surface area (Å²) in [5.74, 6) is 0.674. The molecule has 0 atom stereocenters. The van der Waals surface area contributed by atoms with Gasteiger partial charge in [-0.25, -0.2) is 4.79 Å². The molecule has 3 aromatic rings. The molecule has 0 saturated carbocycles. The van der Waals surface area contributed by atoms with E-state index < -0.39 is 5.97 Å². The zero-order chi connectivity index (χ0) is 24.9. The smallest absolute Gasteiger partial charge is 0.336 e. The largest absolute Gasteiger partial charge is 0.497 e. The number of benzene rings is 3. The van der Waals surface area contributed by atoms with Gasteiger partial charge in [-0.1, -0.05) is 18.2 Å². The van der Waals surface area contributed by atoms with Crippen molar-refractivity contribution in [1.29, 1.82) is 0 Å². The van der Waals surface area contributed by atoms with Crippen LogP contribution >= 0.6 is 0 Å². The fraction of sp³-hybridized carbons (Fsp3) is 0.214. The SMILES string of the molecule is COc1ccc(C(=O)/C(Cc2ccc(OC(C)C)cc2)=C(\C(=O)O)c2ccc3c(c2)OCO3)cc1. The molecular weight excluding hydrogens is 448 g/mol. The van der Waals surface area contributed by atoms with Crippen molar-refractivity contribution in [1.82, 2.24) is 0 Å². The second kappa shape index (κ2) is 10.3. The molecule has 0 bridgehead atoms. The highest BCUT2D eigenvalue weighted by Gasteiger charge is 2.26. The van der Waals surface area contributed by atoms with Crippen LogP contribution in [0.15, 0.2) is 72.3 Å². The molecule has 4 rings (SSSR count). The van der Waals surface area contributed by atoms with Crippen LogP contribution in [-0.4, -0.2) is 36.9 Å². The minimum atomic E-state index is -1.21. The minimum Gasteiger partial charge on any atom is -0.497 e. The number of hydrogen-bond donors (Lipinski definition) is 1. The number of allylic oxidation sites excluding steroid dienone is 1. The molecule has 0 saturated heterocycles. The van der Waals surface area contributed by atoms with Crippen LogP contribution in [0.3, 0.4) is 0 Å². The molecule has 0 aromatic heterocycles. The quantitative estimate of drug-likeness (QED) is 0.338. The first-order chi connectivity index (χ1) is 16.9. The number of ketones is 1. The second-order valence-corrected chi connectivity index (χ2v) is 8.27. The number of fused-ring (bicyclic) bond motifs is 1. The summed E-state index contributed by atoms with van der Waals surface area (Å²) in [7, 11) is 1.54. The molecule has 1 aliphatic rings. The van der Waals surface area contributed by atoms with Gasteiger partial charge in [-0.15, -0.1) is 0 Å². The van der Waals surface area contributed by atoms with Gasteiger partial charge in [0.15, 0.2) is 17.3 Å². The molecule has 0 amide bonds. The molecule has 1 aliphatic heterocycles. The molecule has 1 N–H and O–H groups in total. The van der Waals surface area contributed by atoms with Gasteiger partial charge in [0.25, 0.3) is 0 Å². The maximum Gasteiger partial charge on any atom is 0.336 e. The van der Waals surface area contributed by atoms with Crippen molar-refractivity contribution in [3.05, 3.63) is 89.0 Å². The van der Waals surface area contributed by atoms with Crippen LogP contribution in [0.4, 0.5) is 0 Å². The van der Waals surface area contributed by atoms with E-state index in [9.17, 15) is 14.7 Å². The summed E-state index contributed by atoms with van der Waals surface area (Å²) in [5, 5.41) is 10.2. The van der Waals surface area contributed by atoms with Gasteiger partial charge in [-0.2, -0.15) is 0 Å². The Morgan fingerprint density at radius 3 is 2.14 bits per heavy atom. The van der Waals surface area contributed by atoms with Crippen molar-refractivity contribution >= 4 is 17.3 Å². The number of carboxylic acids is 1. The fourth-order valence-electron chi connectivity index (χ4n) is 3.84. The minimum absolute atomic E-state index is 0.0255. The first-order valence-electron chi connectivity index (χ1n) is 11.2. The van der Waals surface area contributed by atoms with Crippen LogP contribution in [0, 0.1) is 0 Å². The third-order valence-corrected chi connectivity index (χ3v) is 5.48. The number of carbonyl (C=O) groups excluding carboxylic acids is 1. The number of hydrogen-bond acceptors (Lipinski definition) is 6. The highest BCUT2D eigenvalue weighted by Crippen LogP contribution is 2.36. The highest BCUT2D eigenvalue weighted by molar-refractivity contribution is 6.26. The molecule has 1 heterocycles. The second-order valence-electron chi connectivity index (χ2n) is 8.27. The van der Waals surface area contributed by atoms with Crippen LogP contribution in [-0.2, 0) is 11.2 Å². The van der Waals surface area contributed by atoms with Gasteiger partial charge >= 0.3 is 5.97 Å². The Morgan fingerprint density at radius 2 is 1.51 bits per heavy atom. The number of carboxylic acid groups (broad SMARTS) is 1. The maximum absolute atomic E-state index is 13.7. The predicted octanol–water partition coefficient (Wildman–Crippen LogP) is 5.17. The van der Waals surface area contributed by atoms with E-state index in [1.807, 2.05) is 38.1 Å². The van der Waals surface area contributed by atoms with Gasteiger partial charge in [-0.05, 0) is 73.5 Å². The highest BCUT2D eigenvalue weighted by atomic mass is 16.7. The van der Waals surface area contributed by atoms with Crippen LogP contribution in [0.25, 0.3) is 5.57 Å². The first kappa shape index (κ1) is 23.9. The van der Waals surface area contributed by atoms with Gasteiger partial charge in [0, 0.05) is 17.6 Å². The van der Waals surface area contributed by atoms with E-state index >= 15 is 0 Å². The van der Waals surface area contributed by atoms with E-state index in [0.29, 0.717) is 34.1 Å². The lowest BCUT2D eigenvalue weighted by molar-refractivity contribution is -0.130. The van der Waals surface area contributed by atoms with E-state index in [2.05, 4.69) is 0 Å². The molecule has 7 nitrogen and oxygen atoms in total. The number of rotatable bonds is 9. The summed E-state index contributed by atoms with van der Waals surface area (Å²) in [6.07, 6.45) is 0.140. The van der Waals surface area contributed by atoms with Crippen molar-refractivity contribution in [3.63, 3.8) is 0 Å². The molecule has 35 heavy (non-hydrogen) atoms. The lowest BCUT2D eigenvalue weighted by Crippen LogP contribution is -2.14. The number of methoxy groups -OCH3 is 1. The van der Waals surface area contributed by atoms with E-state index in [1.54, 1.807) is 42.5 Å². The number of Topliss-reactive ketones (excluding diaryl/α,β-unsaturated/α-hetero) is 1. The Bertz CT molecular complexity index is 1260. The zero-order valence-electron chi connectivity index (χ0n) is 19.7. The first-order valence-corrected chi connectivity index (χ1v) is 11.2. The summed E-state index contributed by atoms with van der Waals surface area (Å²) < 4.78 is 21.7. The Kier molecular flexibility index (Phi) is 7.06. The molecule has 7 heteroatoms. The van der Waals surface area contributed by atoms with Gasteiger partial charge in [0.2, 0.25) is 6.79 Å². The summed E-state index contributed by atoms with van der Waals surface area (Å²) in [5.41, 5.74) is 1.56. The van der Waals surface area contributed by atoms with Gasteiger partial charge in [0.05, 0.1) is 18.8 Å².